The van der Waals surface area contributed by atoms with Gasteiger partial charge in [0.1, 0.15) is 18.4 Å². The molecule has 1 aliphatic heterocycles. The highest BCUT2D eigenvalue weighted by atomic mass is 127. The lowest BCUT2D eigenvalue weighted by atomic mass is 9.94. The molecule has 166 valence electrons. The van der Waals surface area contributed by atoms with Gasteiger partial charge in [0.15, 0.2) is 5.96 Å². The molecule has 1 N–H and O–H groups in total. The summed E-state index contributed by atoms with van der Waals surface area (Å²) >= 11 is 0. The minimum absolute atomic E-state index is 0. The number of halogens is 1. The zero-order chi connectivity index (χ0) is 21.0. The Morgan fingerprint density at radius 1 is 1.30 bits per heavy atom. The summed E-state index contributed by atoms with van der Waals surface area (Å²) < 4.78 is 12.0. The van der Waals surface area contributed by atoms with E-state index in [2.05, 4.69) is 74.9 Å². The number of guanidine groups is 1. The molecule has 1 aromatic heterocycles. The van der Waals surface area contributed by atoms with Gasteiger partial charge in [-0.05, 0) is 31.9 Å². The van der Waals surface area contributed by atoms with Gasteiger partial charge >= 0.3 is 0 Å². The molecule has 0 amide bonds. The van der Waals surface area contributed by atoms with Crippen LogP contribution < -0.4 is 5.32 Å². The molecule has 0 bridgehead atoms. The molecule has 6 nitrogen and oxygen atoms in total. The highest BCUT2D eigenvalue weighted by molar-refractivity contribution is 14.0. The first-order chi connectivity index (χ1) is 13.8. The second-order valence-corrected chi connectivity index (χ2v) is 8.70. The lowest BCUT2D eigenvalue weighted by molar-refractivity contribution is -0.00835. The van der Waals surface area contributed by atoms with E-state index in [1.165, 1.54) is 16.7 Å². The second-order valence-electron chi connectivity index (χ2n) is 8.70. The fraction of sp³-hybridized carbons (Fsp3) is 0.565. The Bertz CT molecular complexity index is 857. The van der Waals surface area contributed by atoms with Gasteiger partial charge in [-0.3, -0.25) is 0 Å². The lowest BCUT2D eigenvalue weighted by Gasteiger charge is -2.35. The van der Waals surface area contributed by atoms with Crippen LogP contribution in [-0.4, -0.2) is 42.1 Å². The molecular formula is C23H35IN4O2. The van der Waals surface area contributed by atoms with Gasteiger partial charge in [0.2, 0.25) is 5.89 Å². The number of aryl methyl sites for hydroxylation is 2. The Hall–Kier alpha value is -1.61. The van der Waals surface area contributed by atoms with E-state index in [0.717, 1.165) is 31.4 Å². The third kappa shape index (κ3) is 6.20. The molecule has 1 aliphatic rings. The van der Waals surface area contributed by atoms with Crippen LogP contribution in [-0.2, 0) is 16.7 Å². The highest BCUT2D eigenvalue weighted by Gasteiger charge is 2.25. The number of nitrogens with zero attached hydrogens (tertiary/aromatic N) is 3. The normalized spacial score (nSPS) is 17.6. The molecule has 1 saturated heterocycles. The zero-order valence-corrected chi connectivity index (χ0v) is 21.3. The van der Waals surface area contributed by atoms with Crippen molar-refractivity contribution in [2.24, 2.45) is 4.99 Å². The number of aliphatic imine (C=N–C) groups is 1. The predicted octanol–water partition coefficient (Wildman–Crippen LogP) is 4.75. The van der Waals surface area contributed by atoms with Crippen molar-refractivity contribution >= 4 is 29.9 Å². The summed E-state index contributed by atoms with van der Waals surface area (Å²) in [5.41, 5.74) is 3.74. The summed E-state index contributed by atoms with van der Waals surface area (Å²) in [5.74, 6) is 2.40. The van der Waals surface area contributed by atoms with Crippen LogP contribution in [0.25, 0.3) is 0 Å². The van der Waals surface area contributed by atoms with Crippen LogP contribution >= 0.6 is 24.0 Å². The number of benzene rings is 1. The van der Waals surface area contributed by atoms with Gasteiger partial charge in [-0.1, -0.05) is 44.5 Å². The first-order valence-electron chi connectivity index (χ1n) is 10.4. The van der Waals surface area contributed by atoms with Crippen molar-refractivity contribution in [3.63, 3.8) is 0 Å². The van der Waals surface area contributed by atoms with Crippen LogP contribution in [0, 0.1) is 13.8 Å². The van der Waals surface area contributed by atoms with E-state index < -0.39 is 0 Å². The van der Waals surface area contributed by atoms with Gasteiger partial charge in [-0.2, -0.15) is 0 Å². The lowest BCUT2D eigenvalue weighted by Crippen LogP contribution is -2.48. The third-order valence-electron chi connectivity index (χ3n) is 5.13. The van der Waals surface area contributed by atoms with Crippen LogP contribution in [0.3, 0.4) is 0 Å². The topological polar surface area (TPSA) is 62.9 Å². The number of nitrogens with one attached hydrogen (secondary N) is 1. The maximum atomic E-state index is 6.09. The average Bonchev–Trinajstić information content (AvgIpc) is 3.15. The maximum absolute atomic E-state index is 6.09. The number of hydrogen-bond donors (Lipinski definition) is 1. The smallest absolute Gasteiger partial charge is 0.216 e. The molecule has 1 unspecified atom stereocenters. The quantitative estimate of drug-likeness (QED) is 0.354. The molecular weight excluding hydrogens is 491 g/mol. The molecule has 2 aromatic rings. The van der Waals surface area contributed by atoms with E-state index >= 15 is 0 Å². The van der Waals surface area contributed by atoms with E-state index in [0.29, 0.717) is 19.0 Å². The summed E-state index contributed by atoms with van der Waals surface area (Å²) in [6.45, 7) is 16.2. The molecule has 30 heavy (non-hydrogen) atoms. The summed E-state index contributed by atoms with van der Waals surface area (Å²) in [7, 11) is 0. The van der Waals surface area contributed by atoms with Gasteiger partial charge in [-0.25, -0.2) is 9.98 Å². The van der Waals surface area contributed by atoms with Crippen molar-refractivity contribution in [1.82, 2.24) is 15.2 Å². The Balaban J connectivity index is 0.00000320. The predicted molar refractivity (Wildman–Crippen MR) is 132 cm³/mol. The maximum Gasteiger partial charge on any atom is 0.216 e. The summed E-state index contributed by atoms with van der Waals surface area (Å²) in [4.78, 5) is 11.5. The number of aromatic nitrogens is 1. The first-order valence-corrected chi connectivity index (χ1v) is 10.4. The number of ether oxygens (including phenoxy) is 1. The molecule has 7 heteroatoms. The van der Waals surface area contributed by atoms with Crippen molar-refractivity contribution in [2.75, 3.05) is 26.2 Å². The number of hydrogen-bond acceptors (Lipinski definition) is 4. The third-order valence-corrected chi connectivity index (χ3v) is 5.13. The molecule has 1 aromatic carbocycles. The minimum Gasteiger partial charge on any atom is -0.443 e. The molecule has 0 spiro atoms. The minimum atomic E-state index is -0.0528. The van der Waals surface area contributed by atoms with Gasteiger partial charge < -0.3 is 19.4 Å². The molecule has 1 fully saturated rings. The zero-order valence-electron chi connectivity index (χ0n) is 19.0. The molecule has 2 heterocycles. The van der Waals surface area contributed by atoms with Crippen molar-refractivity contribution in [2.45, 2.75) is 59.6 Å². The molecule has 0 saturated carbocycles. The number of oxazole rings is 1. The van der Waals surface area contributed by atoms with Gasteiger partial charge in [0, 0.05) is 18.5 Å². The largest absolute Gasteiger partial charge is 0.443 e. The van der Waals surface area contributed by atoms with E-state index in [-0.39, 0.29) is 35.5 Å². The number of morpholine rings is 1. The van der Waals surface area contributed by atoms with Gasteiger partial charge in [0.25, 0.3) is 0 Å². The van der Waals surface area contributed by atoms with Crippen molar-refractivity contribution in [3.8, 4) is 0 Å². The van der Waals surface area contributed by atoms with Gasteiger partial charge in [0.05, 0.1) is 19.3 Å². The fourth-order valence-electron chi connectivity index (χ4n) is 3.52. The molecule has 1 atom stereocenters. The van der Waals surface area contributed by atoms with Crippen LogP contribution in [0.15, 0.2) is 33.8 Å². The van der Waals surface area contributed by atoms with Crippen molar-refractivity contribution in [1.29, 1.82) is 0 Å². The Morgan fingerprint density at radius 2 is 2.07 bits per heavy atom. The van der Waals surface area contributed by atoms with E-state index in [1.54, 1.807) is 0 Å². The van der Waals surface area contributed by atoms with Crippen LogP contribution in [0.2, 0.25) is 0 Å². The molecule has 3 rings (SSSR count). The van der Waals surface area contributed by atoms with Crippen LogP contribution in [0.5, 0.6) is 0 Å². The summed E-state index contributed by atoms with van der Waals surface area (Å²) in [6.07, 6.45) is 1.85. The average molecular weight is 526 g/mol. The highest BCUT2D eigenvalue weighted by Crippen LogP contribution is 2.26. The summed E-state index contributed by atoms with van der Waals surface area (Å²) in [5, 5.41) is 3.41. The van der Waals surface area contributed by atoms with E-state index in [4.69, 9.17) is 14.1 Å². The fourth-order valence-corrected chi connectivity index (χ4v) is 3.52. The Morgan fingerprint density at radius 3 is 2.70 bits per heavy atom. The first kappa shape index (κ1) is 24.7. The SMILES string of the molecule is CCNC(=NCc1ncc(C(C)(C)C)o1)N1CCOC(c2ccc(C)cc2C)C1.I. The standard InChI is InChI=1S/C23H34N4O2.HI/c1-7-24-22(26-14-21-25-13-20(29-21)23(4,5)6)27-10-11-28-19(15-27)18-9-8-16(2)12-17(18)3;/h8-9,12-13,19H,7,10-11,14-15H2,1-6H3,(H,24,26);1H. The summed E-state index contributed by atoms with van der Waals surface area (Å²) in [6, 6.07) is 6.55. The number of rotatable bonds is 4. The van der Waals surface area contributed by atoms with E-state index in [1.807, 2.05) is 6.20 Å². The second kappa shape index (κ2) is 10.6. The van der Waals surface area contributed by atoms with Crippen molar-refractivity contribution in [3.05, 3.63) is 52.7 Å². The monoisotopic (exact) mass is 526 g/mol. The van der Waals surface area contributed by atoms with Gasteiger partial charge in [-0.15, -0.1) is 24.0 Å². The Labute approximate surface area is 197 Å². The van der Waals surface area contributed by atoms with Crippen LogP contribution in [0.1, 0.15) is 62.1 Å². The van der Waals surface area contributed by atoms with Crippen LogP contribution in [0.4, 0.5) is 0 Å². The van der Waals surface area contributed by atoms with Crippen molar-refractivity contribution < 1.29 is 9.15 Å². The molecule has 0 radical (unpaired) electrons. The molecule has 0 aliphatic carbocycles. The Kier molecular flexibility index (Phi) is 8.73. The van der Waals surface area contributed by atoms with E-state index in [9.17, 15) is 0 Å².